The fraction of sp³-hybridized carbons (Fsp3) is 0.0870. The van der Waals surface area contributed by atoms with Gasteiger partial charge in [0.05, 0.1) is 62.1 Å². The molecule has 2 heterocycles. The molecular formula is C46H32N6O4. The predicted octanol–water partition coefficient (Wildman–Crippen LogP) is 11.0. The van der Waals surface area contributed by atoms with Crippen LogP contribution in [0, 0.1) is 56.7 Å². The molecule has 2 atom stereocenters. The number of rotatable bonds is 8. The number of benzene rings is 6. The molecule has 0 saturated heterocycles. The van der Waals surface area contributed by atoms with E-state index in [2.05, 4.69) is 45.9 Å². The number of hydrogen-bond acceptors (Lipinski definition) is 7. The van der Waals surface area contributed by atoms with Crippen LogP contribution in [-0.4, -0.2) is 14.4 Å². The molecule has 0 bridgehead atoms. The van der Waals surface area contributed by atoms with E-state index in [1.165, 1.54) is 24.3 Å². The van der Waals surface area contributed by atoms with Crippen LogP contribution in [0.2, 0.25) is 0 Å². The van der Waals surface area contributed by atoms with Gasteiger partial charge < -0.3 is 9.47 Å². The Morgan fingerprint density at radius 2 is 1.00 bits per heavy atom. The van der Waals surface area contributed by atoms with Crippen molar-refractivity contribution in [1.82, 2.24) is 4.57 Å². The standard InChI is InChI=1S/C46H32N6O4/c1-29-3-19-37(20-4-29)49-43(35-11-7-31(27-47)8-12-35)41(33-15-23-39(24-16-33)51(53)54)46-45(49)42(34-17-25-40(26-18-34)52(55)56)44(36-13-9-32(28-48)10-14-36)50(46)38-21-5-30(2)6-22-38/h3-26,41,43H,1-2H3. The van der Waals surface area contributed by atoms with Crippen LogP contribution in [-0.2, 0) is 0 Å². The van der Waals surface area contributed by atoms with E-state index in [1.807, 2.05) is 62.4 Å². The smallest absolute Gasteiger partial charge is 0.269 e. The molecule has 10 heteroatoms. The number of nitro benzene ring substituents is 2. The molecule has 2 unspecified atom stereocenters. The monoisotopic (exact) mass is 732 g/mol. The van der Waals surface area contributed by atoms with Gasteiger partial charge in [-0.25, -0.2) is 0 Å². The van der Waals surface area contributed by atoms with Gasteiger partial charge in [0, 0.05) is 41.2 Å². The molecule has 0 saturated carbocycles. The Kier molecular flexibility index (Phi) is 8.93. The Bertz CT molecular complexity index is 2710. The summed E-state index contributed by atoms with van der Waals surface area (Å²) in [5, 5.41) is 43.3. The second kappa shape index (κ2) is 14.2. The van der Waals surface area contributed by atoms with Crippen molar-refractivity contribution in [3.63, 3.8) is 0 Å². The van der Waals surface area contributed by atoms with Crippen molar-refractivity contribution in [3.8, 4) is 40.2 Å². The van der Waals surface area contributed by atoms with Crippen LogP contribution in [0.4, 0.5) is 22.7 Å². The second-order valence-corrected chi connectivity index (χ2v) is 13.8. The molecule has 0 aliphatic carbocycles. The molecule has 0 fully saturated rings. The van der Waals surface area contributed by atoms with Crippen LogP contribution in [0.15, 0.2) is 146 Å². The van der Waals surface area contributed by atoms with E-state index in [0.717, 1.165) is 67.4 Å². The highest BCUT2D eigenvalue weighted by atomic mass is 16.6. The van der Waals surface area contributed by atoms with Gasteiger partial charge in [-0.15, -0.1) is 0 Å². The third-order valence-corrected chi connectivity index (χ3v) is 10.4. The summed E-state index contributed by atoms with van der Waals surface area (Å²) in [5.74, 6) is -0.440. The first-order chi connectivity index (χ1) is 27.2. The van der Waals surface area contributed by atoms with Crippen molar-refractivity contribution in [2.24, 2.45) is 0 Å². The fourth-order valence-corrected chi connectivity index (χ4v) is 7.74. The lowest BCUT2D eigenvalue weighted by Crippen LogP contribution is -2.24. The van der Waals surface area contributed by atoms with E-state index in [0.29, 0.717) is 11.1 Å². The lowest BCUT2D eigenvalue weighted by Gasteiger charge is -2.33. The van der Waals surface area contributed by atoms with E-state index in [4.69, 9.17) is 0 Å². The first-order valence-electron chi connectivity index (χ1n) is 17.9. The maximum absolute atomic E-state index is 11.9. The third kappa shape index (κ3) is 6.11. The van der Waals surface area contributed by atoms with Crippen LogP contribution in [0.1, 0.15) is 51.0 Å². The zero-order valence-corrected chi connectivity index (χ0v) is 30.3. The lowest BCUT2D eigenvalue weighted by atomic mass is 9.86. The van der Waals surface area contributed by atoms with Gasteiger partial charge in [0.2, 0.25) is 0 Å². The summed E-state index contributed by atoms with van der Waals surface area (Å²) >= 11 is 0. The van der Waals surface area contributed by atoms with Gasteiger partial charge in [0.25, 0.3) is 11.4 Å². The maximum Gasteiger partial charge on any atom is 0.269 e. The number of hydrogen-bond donors (Lipinski definition) is 0. The van der Waals surface area contributed by atoms with E-state index in [-0.39, 0.29) is 11.4 Å². The van der Waals surface area contributed by atoms with Crippen LogP contribution >= 0.6 is 0 Å². The molecule has 0 amide bonds. The molecule has 270 valence electrons. The van der Waals surface area contributed by atoms with Gasteiger partial charge in [-0.05, 0) is 96.8 Å². The Labute approximate surface area is 322 Å². The largest absolute Gasteiger partial charge is 0.331 e. The minimum Gasteiger partial charge on any atom is -0.331 e. The first-order valence-corrected chi connectivity index (χ1v) is 17.9. The van der Waals surface area contributed by atoms with Gasteiger partial charge >= 0.3 is 0 Å². The SMILES string of the molecule is Cc1ccc(N2c3c(-c4ccc([N+](=O)[O-])cc4)c(-c4ccc(C#N)cc4)n(-c4ccc(C)cc4)c3C(c3ccc([N+](=O)[O-])cc3)C2c2ccc(C#N)cc2)cc1. The van der Waals surface area contributed by atoms with Crippen molar-refractivity contribution in [2.45, 2.75) is 25.8 Å². The van der Waals surface area contributed by atoms with Gasteiger partial charge in [-0.3, -0.25) is 20.2 Å². The predicted molar refractivity (Wildman–Crippen MR) is 215 cm³/mol. The quantitative estimate of drug-likeness (QED) is 0.112. The molecule has 0 N–H and O–H groups in total. The number of aryl methyl sites for hydroxylation is 2. The average molecular weight is 733 g/mol. The van der Waals surface area contributed by atoms with Crippen molar-refractivity contribution >= 4 is 22.7 Å². The topological polar surface area (TPSA) is 142 Å². The van der Waals surface area contributed by atoms with E-state index < -0.39 is 21.8 Å². The first kappa shape index (κ1) is 35.2. The molecule has 1 aliphatic rings. The van der Waals surface area contributed by atoms with Crippen LogP contribution in [0.3, 0.4) is 0 Å². The molecule has 6 aromatic carbocycles. The molecule has 0 radical (unpaired) electrons. The van der Waals surface area contributed by atoms with Crippen molar-refractivity contribution in [3.05, 3.63) is 205 Å². The number of nitrogens with zero attached hydrogens (tertiary/aromatic N) is 6. The Morgan fingerprint density at radius 1 is 0.554 bits per heavy atom. The Balaban J connectivity index is 1.57. The molecule has 1 aliphatic heterocycles. The molecule has 0 spiro atoms. The van der Waals surface area contributed by atoms with E-state index >= 15 is 0 Å². The summed E-state index contributed by atoms with van der Waals surface area (Å²) in [7, 11) is 0. The molecule has 10 nitrogen and oxygen atoms in total. The van der Waals surface area contributed by atoms with Gasteiger partial charge in [0.1, 0.15) is 0 Å². The minimum atomic E-state index is -0.440. The molecule has 7 aromatic rings. The minimum absolute atomic E-state index is 0.0314. The molecule has 8 rings (SSSR count). The Morgan fingerprint density at radius 3 is 1.50 bits per heavy atom. The highest BCUT2D eigenvalue weighted by Gasteiger charge is 2.47. The summed E-state index contributed by atoms with van der Waals surface area (Å²) in [6.07, 6.45) is 0. The van der Waals surface area contributed by atoms with E-state index in [9.17, 15) is 30.8 Å². The van der Waals surface area contributed by atoms with Gasteiger partial charge in [0.15, 0.2) is 0 Å². The zero-order chi connectivity index (χ0) is 39.1. The third-order valence-electron chi connectivity index (χ3n) is 10.4. The zero-order valence-electron chi connectivity index (χ0n) is 30.3. The summed E-state index contributed by atoms with van der Waals surface area (Å²) in [6.45, 7) is 4.05. The highest BCUT2D eigenvalue weighted by Crippen LogP contribution is 2.62. The number of aromatic nitrogens is 1. The second-order valence-electron chi connectivity index (χ2n) is 13.8. The number of nitriles is 2. The number of nitro groups is 2. The normalized spacial score (nSPS) is 14.5. The van der Waals surface area contributed by atoms with Crippen molar-refractivity contribution < 1.29 is 9.85 Å². The number of fused-ring (bicyclic) bond motifs is 1. The molecular weight excluding hydrogens is 701 g/mol. The van der Waals surface area contributed by atoms with Crippen molar-refractivity contribution in [2.75, 3.05) is 4.90 Å². The lowest BCUT2D eigenvalue weighted by molar-refractivity contribution is -0.385. The molecule has 1 aromatic heterocycles. The average Bonchev–Trinajstić information content (AvgIpc) is 3.74. The molecule has 56 heavy (non-hydrogen) atoms. The summed E-state index contributed by atoms with van der Waals surface area (Å²) in [5.41, 5.74) is 11.4. The van der Waals surface area contributed by atoms with Crippen molar-refractivity contribution in [1.29, 1.82) is 10.5 Å². The highest BCUT2D eigenvalue weighted by molar-refractivity contribution is 5.99. The number of anilines is 2. The summed E-state index contributed by atoms with van der Waals surface area (Å²) < 4.78 is 2.23. The van der Waals surface area contributed by atoms with E-state index in [1.54, 1.807) is 48.5 Å². The van der Waals surface area contributed by atoms with Crippen LogP contribution in [0.5, 0.6) is 0 Å². The number of non-ortho nitro benzene ring substituents is 2. The Hall–Kier alpha value is -7.82. The summed E-state index contributed by atoms with van der Waals surface area (Å²) in [6, 6.07) is 48.6. The van der Waals surface area contributed by atoms with Crippen LogP contribution in [0.25, 0.3) is 28.1 Å². The summed E-state index contributed by atoms with van der Waals surface area (Å²) in [4.78, 5) is 25.2. The fourth-order valence-electron chi connectivity index (χ4n) is 7.74. The van der Waals surface area contributed by atoms with Gasteiger partial charge in [-0.1, -0.05) is 71.8 Å². The van der Waals surface area contributed by atoms with Crippen LogP contribution < -0.4 is 4.90 Å². The van der Waals surface area contributed by atoms with Gasteiger partial charge in [-0.2, -0.15) is 10.5 Å². The maximum atomic E-state index is 11.9.